The first kappa shape index (κ1) is 24.0. The molecule has 1 aliphatic rings. The normalized spacial score (nSPS) is 14.3. The summed E-state index contributed by atoms with van der Waals surface area (Å²) in [6.07, 6.45) is 2.78. The highest BCUT2D eigenvalue weighted by molar-refractivity contribution is 7.98. The lowest BCUT2D eigenvalue weighted by Crippen LogP contribution is -2.41. The van der Waals surface area contributed by atoms with Crippen LogP contribution in [0.1, 0.15) is 28.8 Å². The Balaban J connectivity index is 1.62. The number of carbonyl (C=O) groups excluding carboxylic acids is 2. The van der Waals surface area contributed by atoms with Crippen molar-refractivity contribution in [3.8, 4) is 0 Å². The summed E-state index contributed by atoms with van der Waals surface area (Å²) in [5.41, 5.74) is 7.21. The standard InChI is InChI=1S/C25H25ClN4O3S/c1-2-11-30-24(33)20-8-5-18(23(32)29-12-9-17(10-13-29)22(27)31)14-21(20)28-25(30)34-15-16-3-6-19(26)7-4-16/h2-8,14,17H,1,9-13,15H2,(H2,27,31). The molecule has 0 bridgehead atoms. The summed E-state index contributed by atoms with van der Waals surface area (Å²) >= 11 is 7.41. The average Bonchev–Trinajstić information content (AvgIpc) is 2.85. The monoisotopic (exact) mass is 496 g/mol. The highest BCUT2D eigenvalue weighted by Crippen LogP contribution is 2.25. The molecule has 0 aliphatic carbocycles. The number of primary amides is 1. The molecule has 7 nitrogen and oxygen atoms in total. The summed E-state index contributed by atoms with van der Waals surface area (Å²) < 4.78 is 1.59. The number of aromatic nitrogens is 2. The molecule has 1 aromatic heterocycles. The van der Waals surface area contributed by atoms with Crippen LogP contribution < -0.4 is 11.3 Å². The SMILES string of the molecule is C=CCn1c(SCc2ccc(Cl)cc2)nc2cc(C(=O)N3CCC(C(N)=O)CC3)ccc2c1=O. The maximum absolute atomic E-state index is 13.2. The molecule has 2 aromatic carbocycles. The fraction of sp³-hybridized carbons (Fsp3) is 0.280. The van der Waals surface area contributed by atoms with Crippen molar-refractivity contribution in [1.29, 1.82) is 0 Å². The third-order valence-corrected chi connectivity index (χ3v) is 7.24. The number of nitrogens with zero attached hydrogens (tertiary/aromatic N) is 3. The van der Waals surface area contributed by atoms with Gasteiger partial charge in [0.15, 0.2) is 5.16 Å². The number of nitrogens with two attached hydrogens (primary N) is 1. The van der Waals surface area contributed by atoms with Gasteiger partial charge in [-0.2, -0.15) is 0 Å². The lowest BCUT2D eigenvalue weighted by molar-refractivity contribution is -0.123. The number of piperidine rings is 1. The molecule has 0 atom stereocenters. The van der Waals surface area contributed by atoms with Crippen molar-refractivity contribution in [2.75, 3.05) is 13.1 Å². The molecule has 0 saturated carbocycles. The number of halogens is 1. The van der Waals surface area contributed by atoms with Crippen molar-refractivity contribution < 1.29 is 9.59 Å². The third kappa shape index (κ3) is 5.18. The molecule has 0 spiro atoms. The van der Waals surface area contributed by atoms with Gasteiger partial charge in [0.25, 0.3) is 11.5 Å². The van der Waals surface area contributed by atoms with Crippen molar-refractivity contribution in [3.63, 3.8) is 0 Å². The van der Waals surface area contributed by atoms with Crippen LogP contribution in [-0.4, -0.2) is 39.4 Å². The van der Waals surface area contributed by atoms with Crippen molar-refractivity contribution in [2.24, 2.45) is 11.7 Å². The number of rotatable bonds is 7. The van der Waals surface area contributed by atoms with E-state index in [1.165, 1.54) is 11.8 Å². The number of allylic oxidation sites excluding steroid dienone is 1. The van der Waals surface area contributed by atoms with E-state index in [0.29, 0.717) is 64.9 Å². The minimum absolute atomic E-state index is 0.141. The topological polar surface area (TPSA) is 98.3 Å². The van der Waals surface area contributed by atoms with Crippen LogP contribution in [0.4, 0.5) is 0 Å². The molecule has 1 fully saturated rings. The van der Waals surface area contributed by atoms with Gasteiger partial charge in [0, 0.05) is 41.9 Å². The van der Waals surface area contributed by atoms with Crippen LogP contribution in [0.2, 0.25) is 5.02 Å². The van der Waals surface area contributed by atoms with E-state index >= 15 is 0 Å². The zero-order chi connectivity index (χ0) is 24.2. The van der Waals surface area contributed by atoms with E-state index in [-0.39, 0.29) is 23.3 Å². The molecule has 0 radical (unpaired) electrons. The second kappa shape index (κ2) is 10.4. The molecular weight excluding hydrogens is 472 g/mol. The van der Waals surface area contributed by atoms with Gasteiger partial charge >= 0.3 is 0 Å². The van der Waals surface area contributed by atoms with Crippen molar-refractivity contribution in [1.82, 2.24) is 14.5 Å². The quantitative estimate of drug-likeness (QED) is 0.304. The Morgan fingerprint density at radius 3 is 2.53 bits per heavy atom. The van der Waals surface area contributed by atoms with Gasteiger partial charge in [0.05, 0.1) is 10.9 Å². The number of hydrogen-bond acceptors (Lipinski definition) is 5. The van der Waals surface area contributed by atoms with Gasteiger partial charge in [-0.25, -0.2) is 4.98 Å². The summed E-state index contributed by atoms with van der Waals surface area (Å²) in [6.45, 7) is 5.04. The first-order chi connectivity index (χ1) is 16.4. The lowest BCUT2D eigenvalue weighted by Gasteiger charge is -2.30. The first-order valence-electron chi connectivity index (χ1n) is 11.0. The zero-order valence-electron chi connectivity index (χ0n) is 18.6. The Morgan fingerprint density at radius 2 is 1.88 bits per heavy atom. The predicted molar refractivity (Wildman–Crippen MR) is 135 cm³/mol. The Kier molecular flexibility index (Phi) is 7.38. The van der Waals surface area contributed by atoms with Gasteiger partial charge in [-0.05, 0) is 48.7 Å². The van der Waals surface area contributed by atoms with Gasteiger partial charge in [-0.1, -0.05) is 41.6 Å². The Morgan fingerprint density at radius 1 is 1.18 bits per heavy atom. The minimum Gasteiger partial charge on any atom is -0.369 e. The van der Waals surface area contributed by atoms with Gasteiger partial charge < -0.3 is 10.6 Å². The van der Waals surface area contributed by atoms with Crippen LogP contribution in [0.15, 0.2) is 65.1 Å². The summed E-state index contributed by atoms with van der Waals surface area (Å²) in [4.78, 5) is 44.1. The van der Waals surface area contributed by atoms with Gasteiger partial charge in [0.1, 0.15) is 0 Å². The number of amides is 2. The smallest absolute Gasteiger partial charge is 0.262 e. The maximum Gasteiger partial charge on any atom is 0.262 e. The number of likely N-dealkylation sites (tertiary alicyclic amines) is 1. The minimum atomic E-state index is -0.318. The van der Waals surface area contributed by atoms with E-state index in [1.807, 2.05) is 24.3 Å². The van der Waals surface area contributed by atoms with Crippen molar-refractivity contribution in [2.45, 2.75) is 30.3 Å². The molecule has 2 N–H and O–H groups in total. The molecule has 176 valence electrons. The maximum atomic E-state index is 13.2. The summed E-state index contributed by atoms with van der Waals surface area (Å²) in [6, 6.07) is 12.5. The van der Waals surface area contributed by atoms with Crippen LogP contribution in [0, 0.1) is 5.92 Å². The fourth-order valence-corrected chi connectivity index (χ4v) is 5.10. The predicted octanol–water partition coefficient (Wildman–Crippen LogP) is 3.87. The average molecular weight is 497 g/mol. The summed E-state index contributed by atoms with van der Waals surface area (Å²) in [5, 5.41) is 1.66. The highest BCUT2D eigenvalue weighted by Gasteiger charge is 2.26. The largest absolute Gasteiger partial charge is 0.369 e. The number of thioether (sulfide) groups is 1. The molecule has 34 heavy (non-hydrogen) atoms. The van der Waals surface area contributed by atoms with E-state index in [4.69, 9.17) is 22.3 Å². The van der Waals surface area contributed by atoms with E-state index in [0.717, 1.165) is 5.56 Å². The molecule has 2 amide bonds. The second-order valence-corrected chi connectivity index (χ2v) is 9.59. The van der Waals surface area contributed by atoms with E-state index < -0.39 is 0 Å². The van der Waals surface area contributed by atoms with Gasteiger partial charge in [0.2, 0.25) is 5.91 Å². The van der Waals surface area contributed by atoms with E-state index in [1.54, 1.807) is 33.7 Å². The highest BCUT2D eigenvalue weighted by atomic mass is 35.5. The molecular formula is C25H25ClN4O3S. The second-order valence-electron chi connectivity index (χ2n) is 8.21. The van der Waals surface area contributed by atoms with Gasteiger partial charge in [-0.15, -0.1) is 6.58 Å². The third-order valence-electron chi connectivity index (χ3n) is 5.94. The van der Waals surface area contributed by atoms with E-state index in [2.05, 4.69) is 6.58 Å². The van der Waals surface area contributed by atoms with Crippen LogP contribution >= 0.6 is 23.4 Å². The summed E-state index contributed by atoms with van der Waals surface area (Å²) in [7, 11) is 0. The molecule has 1 saturated heterocycles. The summed E-state index contributed by atoms with van der Waals surface area (Å²) in [5.74, 6) is -0.0377. The van der Waals surface area contributed by atoms with Crippen LogP contribution in [0.25, 0.3) is 10.9 Å². The molecule has 4 rings (SSSR count). The molecule has 1 aliphatic heterocycles. The van der Waals surface area contributed by atoms with Crippen LogP contribution in [0.5, 0.6) is 0 Å². The fourth-order valence-electron chi connectivity index (χ4n) is 4.01. The number of benzene rings is 2. The Labute approximate surface area is 206 Å². The Bertz CT molecular complexity index is 1300. The van der Waals surface area contributed by atoms with Crippen molar-refractivity contribution in [3.05, 3.63) is 81.6 Å². The molecule has 3 aromatic rings. The Hall–Kier alpha value is -3.10. The molecule has 9 heteroatoms. The lowest BCUT2D eigenvalue weighted by atomic mass is 9.96. The van der Waals surface area contributed by atoms with Crippen molar-refractivity contribution >= 4 is 46.1 Å². The van der Waals surface area contributed by atoms with Crippen LogP contribution in [-0.2, 0) is 17.1 Å². The number of hydrogen-bond donors (Lipinski definition) is 1. The zero-order valence-corrected chi connectivity index (χ0v) is 20.1. The van der Waals surface area contributed by atoms with E-state index in [9.17, 15) is 14.4 Å². The first-order valence-corrected chi connectivity index (χ1v) is 12.3. The molecule has 0 unspecified atom stereocenters. The van der Waals surface area contributed by atoms with Gasteiger partial charge in [-0.3, -0.25) is 19.0 Å². The van der Waals surface area contributed by atoms with Crippen LogP contribution in [0.3, 0.4) is 0 Å². The number of carbonyl (C=O) groups is 2. The number of fused-ring (bicyclic) bond motifs is 1. The molecule has 2 heterocycles.